The molecule has 1 fully saturated rings. The summed E-state index contributed by atoms with van der Waals surface area (Å²) in [5, 5.41) is 7.24. The van der Waals surface area contributed by atoms with Gasteiger partial charge in [0.15, 0.2) is 0 Å². The third-order valence-corrected chi connectivity index (χ3v) is 4.89. The van der Waals surface area contributed by atoms with Crippen LogP contribution in [0.25, 0.3) is 0 Å². The molecular formula is C21H20FN3O. The minimum atomic E-state index is -0.225. The van der Waals surface area contributed by atoms with Gasteiger partial charge in [0.1, 0.15) is 5.82 Å². The van der Waals surface area contributed by atoms with E-state index >= 15 is 0 Å². The zero-order valence-corrected chi connectivity index (χ0v) is 14.3. The van der Waals surface area contributed by atoms with Gasteiger partial charge in [0.25, 0.3) is 0 Å². The van der Waals surface area contributed by atoms with Crippen molar-refractivity contribution < 1.29 is 9.18 Å². The second kappa shape index (κ2) is 7.12. The molecular weight excluding hydrogens is 329 g/mol. The lowest BCUT2D eigenvalue weighted by molar-refractivity contribution is -0.122. The van der Waals surface area contributed by atoms with E-state index in [2.05, 4.69) is 10.4 Å². The van der Waals surface area contributed by atoms with Crippen LogP contribution in [0.4, 0.5) is 4.39 Å². The van der Waals surface area contributed by atoms with E-state index < -0.39 is 0 Å². The van der Waals surface area contributed by atoms with Crippen molar-refractivity contribution in [3.63, 3.8) is 0 Å². The van der Waals surface area contributed by atoms with Gasteiger partial charge in [-0.2, -0.15) is 5.10 Å². The second-order valence-electron chi connectivity index (χ2n) is 6.66. The molecule has 1 aromatic heterocycles. The van der Waals surface area contributed by atoms with E-state index in [1.54, 1.807) is 18.3 Å². The van der Waals surface area contributed by atoms with Crippen LogP contribution in [0.1, 0.15) is 29.0 Å². The monoisotopic (exact) mass is 349 g/mol. The van der Waals surface area contributed by atoms with E-state index in [0.717, 1.165) is 11.1 Å². The van der Waals surface area contributed by atoms with Crippen molar-refractivity contribution in [3.8, 4) is 0 Å². The summed E-state index contributed by atoms with van der Waals surface area (Å²) in [4.78, 5) is 12.5. The summed E-state index contributed by atoms with van der Waals surface area (Å²) in [5.41, 5.74) is 2.84. The normalized spacial score (nSPS) is 18.5. The molecule has 132 valence electrons. The van der Waals surface area contributed by atoms with Crippen LogP contribution >= 0.6 is 0 Å². The Kier molecular flexibility index (Phi) is 4.52. The molecule has 2 aromatic carbocycles. The molecule has 1 aliphatic carbocycles. The average molecular weight is 349 g/mol. The van der Waals surface area contributed by atoms with Crippen molar-refractivity contribution in [3.05, 3.63) is 89.5 Å². The van der Waals surface area contributed by atoms with Gasteiger partial charge in [0.2, 0.25) is 5.91 Å². The van der Waals surface area contributed by atoms with Crippen LogP contribution in [0.5, 0.6) is 0 Å². The van der Waals surface area contributed by atoms with Crippen molar-refractivity contribution >= 4 is 5.91 Å². The minimum absolute atomic E-state index is 0.00415. The van der Waals surface area contributed by atoms with E-state index in [9.17, 15) is 9.18 Å². The van der Waals surface area contributed by atoms with E-state index in [1.165, 1.54) is 6.07 Å². The van der Waals surface area contributed by atoms with Gasteiger partial charge in [0, 0.05) is 24.9 Å². The fourth-order valence-electron chi connectivity index (χ4n) is 3.37. The SMILES string of the molecule is O=C(NCc1ccccc1Cn1cccn1)[C@@H]1C[C@H]1c1ccccc1F. The Morgan fingerprint density at radius 2 is 1.88 bits per heavy atom. The molecule has 0 radical (unpaired) electrons. The average Bonchev–Trinajstić information content (AvgIpc) is 3.29. The van der Waals surface area contributed by atoms with Gasteiger partial charge in [-0.15, -0.1) is 0 Å². The minimum Gasteiger partial charge on any atom is -0.352 e. The molecule has 1 amide bonds. The Bertz CT molecular complexity index is 907. The predicted molar refractivity (Wildman–Crippen MR) is 96.9 cm³/mol. The maximum Gasteiger partial charge on any atom is 0.224 e. The number of aromatic nitrogens is 2. The molecule has 3 aromatic rings. The first-order valence-corrected chi connectivity index (χ1v) is 8.78. The molecule has 1 heterocycles. The summed E-state index contributed by atoms with van der Waals surface area (Å²) in [6, 6.07) is 16.6. The van der Waals surface area contributed by atoms with E-state index in [-0.39, 0.29) is 23.6 Å². The molecule has 4 rings (SSSR count). The second-order valence-corrected chi connectivity index (χ2v) is 6.66. The van der Waals surface area contributed by atoms with Crippen LogP contribution in [0.2, 0.25) is 0 Å². The number of benzene rings is 2. The van der Waals surface area contributed by atoms with Gasteiger partial charge < -0.3 is 5.32 Å². The first-order valence-electron chi connectivity index (χ1n) is 8.78. The Balaban J connectivity index is 1.38. The summed E-state index contributed by atoms with van der Waals surface area (Å²) in [6.45, 7) is 1.14. The molecule has 1 N–H and O–H groups in total. The van der Waals surface area contributed by atoms with E-state index in [0.29, 0.717) is 25.1 Å². The molecule has 0 aliphatic heterocycles. The zero-order chi connectivity index (χ0) is 17.9. The maximum atomic E-state index is 13.9. The Hall–Kier alpha value is -2.95. The van der Waals surface area contributed by atoms with Crippen molar-refractivity contribution in [2.45, 2.75) is 25.4 Å². The van der Waals surface area contributed by atoms with Gasteiger partial charge in [-0.1, -0.05) is 42.5 Å². The number of rotatable bonds is 6. The van der Waals surface area contributed by atoms with E-state index in [4.69, 9.17) is 0 Å². The highest BCUT2D eigenvalue weighted by molar-refractivity contribution is 5.82. The Morgan fingerprint density at radius 3 is 2.65 bits per heavy atom. The molecule has 5 heteroatoms. The van der Waals surface area contributed by atoms with Crippen molar-refractivity contribution in [1.29, 1.82) is 0 Å². The number of hydrogen-bond acceptors (Lipinski definition) is 2. The molecule has 0 unspecified atom stereocenters. The summed E-state index contributed by atoms with van der Waals surface area (Å²) >= 11 is 0. The van der Waals surface area contributed by atoms with E-state index in [1.807, 2.05) is 47.3 Å². The summed E-state index contributed by atoms with van der Waals surface area (Å²) in [6.07, 6.45) is 4.38. The zero-order valence-electron chi connectivity index (χ0n) is 14.3. The predicted octanol–water partition coefficient (Wildman–Crippen LogP) is 3.49. The maximum absolute atomic E-state index is 13.9. The topological polar surface area (TPSA) is 46.9 Å². The molecule has 4 nitrogen and oxygen atoms in total. The lowest BCUT2D eigenvalue weighted by Crippen LogP contribution is -2.25. The van der Waals surface area contributed by atoms with Gasteiger partial charge in [0.05, 0.1) is 6.54 Å². The van der Waals surface area contributed by atoms with Crippen molar-refractivity contribution in [1.82, 2.24) is 15.1 Å². The smallest absolute Gasteiger partial charge is 0.224 e. The third-order valence-electron chi connectivity index (χ3n) is 4.89. The van der Waals surface area contributed by atoms with Crippen LogP contribution in [-0.4, -0.2) is 15.7 Å². The van der Waals surface area contributed by atoms with Crippen molar-refractivity contribution in [2.75, 3.05) is 0 Å². The Labute approximate surface area is 151 Å². The van der Waals surface area contributed by atoms with Gasteiger partial charge in [-0.25, -0.2) is 4.39 Å². The number of amides is 1. The lowest BCUT2D eigenvalue weighted by Gasteiger charge is -2.11. The van der Waals surface area contributed by atoms with Gasteiger partial charge >= 0.3 is 0 Å². The molecule has 2 atom stereocenters. The highest BCUT2D eigenvalue weighted by Gasteiger charge is 2.44. The number of nitrogens with one attached hydrogen (secondary N) is 1. The number of halogens is 1. The number of nitrogens with zero attached hydrogens (tertiary/aromatic N) is 2. The van der Waals surface area contributed by atoms with Crippen LogP contribution in [0, 0.1) is 11.7 Å². The molecule has 26 heavy (non-hydrogen) atoms. The quantitative estimate of drug-likeness (QED) is 0.740. The highest BCUT2D eigenvalue weighted by atomic mass is 19.1. The van der Waals surface area contributed by atoms with Crippen LogP contribution in [0.15, 0.2) is 67.0 Å². The van der Waals surface area contributed by atoms with Gasteiger partial charge in [-0.3, -0.25) is 9.48 Å². The fourth-order valence-corrected chi connectivity index (χ4v) is 3.37. The first-order chi connectivity index (χ1) is 12.7. The number of hydrogen-bond donors (Lipinski definition) is 1. The van der Waals surface area contributed by atoms with Gasteiger partial charge in [-0.05, 0) is 41.2 Å². The summed E-state index contributed by atoms with van der Waals surface area (Å²) < 4.78 is 15.7. The molecule has 1 aliphatic rings. The van der Waals surface area contributed by atoms with Crippen LogP contribution in [0.3, 0.4) is 0 Å². The molecule has 0 spiro atoms. The molecule has 0 bridgehead atoms. The number of carbonyl (C=O) groups is 1. The summed E-state index contributed by atoms with van der Waals surface area (Å²) in [5.74, 6) is -0.370. The fraction of sp³-hybridized carbons (Fsp3) is 0.238. The third kappa shape index (κ3) is 3.52. The van der Waals surface area contributed by atoms with Crippen LogP contribution < -0.4 is 5.32 Å². The summed E-state index contributed by atoms with van der Waals surface area (Å²) in [7, 11) is 0. The largest absolute Gasteiger partial charge is 0.352 e. The van der Waals surface area contributed by atoms with Crippen LogP contribution in [-0.2, 0) is 17.9 Å². The molecule has 1 saturated carbocycles. The Morgan fingerprint density at radius 1 is 1.12 bits per heavy atom. The first kappa shape index (κ1) is 16.5. The molecule has 0 saturated heterocycles. The lowest BCUT2D eigenvalue weighted by atomic mass is 10.1. The highest BCUT2D eigenvalue weighted by Crippen LogP contribution is 2.48. The number of carbonyl (C=O) groups excluding carboxylic acids is 1. The van der Waals surface area contributed by atoms with Crippen molar-refractivity contribution in [2.24, 2.45) is 5.92 Å². The standard InChI is InChI=1S/C21H20FN3O/c22-20-9-4-3-8-17(20)18-12-19(18)21(26)23-13-15-6-1-2-7-16(15)14-25-11-5-10-24-25/h1-11,18-19H,12-14H2,(H,23,26)/t18-,19+/m0/s1.